The summed E-state index contributed by atoms with van der Waals surface area (Å²) in [6.07, 6.45) is 17.8. The number of pyridine rings is 1. The molecule has 1 amide bonds. The Morgan fingerprint density at radius 1 is 1.08 bits per heavy atom. The molecule has 0 bridgehead atoms. The molecule has 3 N–H and O–H groups in total. The Bertz CT molecular complexity index is 877. The number of aromatic nitrogens is 3. The number of nitrogens with zero attached hydrogens (tertiary/aromatic N) is 3. The molecule has 206 valence electrons. The Kier molecular flexibility index (Phi) is 18.5. The van der Waals surface area contributed by atoms with Gasteiger partial charge in [-0.2, -0.15) is 0 Å². The van der Waals surface area contributed by atoms with E-state index < -0.39 is 0 Å². The summed E-state index contributed by atoms with van der Waals surface area (Å²) in [5.41, 5.74) is 3.59. The lowest BCUT2D eigenvalue weighted by atomic mass is 10.00. The molecule has 0 unspecified atom stereocenters. The molecular weight excluding hydrogens is 466 g/mol. The van der Waals surface area contributed by atoms with Gasteiger partial charge >= 0.3 is 0 Å². The minimum atomic E-state index is 0.138. The van der Waals surface area contributed by atoms with E-state index in [9.17, 15) is 9.59 Å². The number of anilines is 1. The van der Waals surface area contributed by atoms with Gasteiger partial charge in [0.1, 0.15) is 17.9 Å². The molecule has 0 spiro atoms. The maximum Gasteiger partial charge on any atom is 0.220 e. The largest absolute Gasteiger partial charge is 0.400 e. The van der Waals surface area contributed by atoms with E-state index in [2.05, 4.69) is 33.6 Å². The monoisotopic (exact) mass is 513 g/mol. The second-order valence-electron chi connectivity index (χ2n) is 9.14. The number of carbonyl (C=O) groups is 2. The number of amides is 1. The number of carbonyl (C=O) groups excluding carboxylic acids is 2. The Balaban J connectivity index is 0.000000645. The highest BCUT2D eigenvalue weighted by molar-refractivity contribution is 5.75. The van der Waals surface area contributed by atoms with Crippen molar-refractivity contribution >= 4 is 18.0 Å². The molecule has 8 heteroatoms. The minimum absolute atomic E-state index is 0.138. The number of aldehydes is 1. The van der Waals surface area contributed by atoms with Crippen molar-refractivity contribution in [3.05, 3.63) is 47.2 Å². The van der Waals surface area contributed by atoms with Crippen LogP contribution in [-0.2, 0) is 29.0 Å². The highest BCUT2D eigenvalue weighted by atomic mass is 16.2. The van der Waals surface area contributed by atoms with Crippen LogP contribution in [0.5, 0.6) is 0 Å². The number of unbranched alkanes of at least 4 members (excludes halogenated alkanes) is 7. The van der Waals surface area contributed by atoms with Crippen molar-refractivity contribution in [2.75, 3.05) is 19.0 Å². The first-order chi connectivity index (χ1) is 18.1. The molecule has 2 aromatic heterocycles. The zero-order valence-corrected chi connectivity index (χ0v) is 23.1. The van der Waals surface area contributed by atoms with Crippen LogP contribution in [0.25, 0.3) is 0 Å². The van der Waals surface area contributed by atoms with Crippen LogP contribution >= 0.6 is 0 Å². The van der Waals surface area contributed by atoms with Crippen LogP contribution in [0.1, 0.15) is 100 Å². The van der Waals surface area contributed by atoms with Crippen LogP contribution in [-0.4, -0.2) is 45.9 Å². The molecule has 0 aromatic carbocycles. The summed E-state index contributed by atoms with van der Waals surface area (Å²) < 4.78 is 0. The van der Waals surface area contributed by atoms with E-state index in [-0.39, 0.29) is 5.91 Å². The Morgan fingerprint density at radius 2 is 1.78 bits per heavy atom. The Labute approximate surface area is 223 Å². The zero-order valence-electron chi connectivity index (χ0n) is 23.1. The quantitative estimate of drug-likeness (QED) is 0.237. The molecule has 1 aliphatic rings. The smallest absolute Gasteiger partial charge is 0.220 e. The average molecular weight is 514 g/mol. The van der Waals surface area contributed by atoms with Gasteiger partial charge in [0, 0.05) is 51.1 Å². The van der Waals surface area contributed by atoms with Crippen LogP contribution in [0.2, 0.25) is 0 Å². The topological polar surface area (TPSA) is 117 Å². The molecule has 3 rings (SSSR count). The number of aryl methyl sites for hydroxylation is 3. The average Bonchev–Trinajstić information content (AvgIpc) is 2.94. The molecule has 0 radical (unpaired) electrons. The van der Waals surface area contributed by atoms with Gasteiger partial charge in [0.05, 0.1) is 0 Å². The number of nitrogens with one attached hydrogen (secondary N) is 2. The molecule has 2 aromatic rings. The van der Waals surface area contributed by atoms with Gasteiger partial charge in [-0.15, -0.1) is 0 Å². The standard InChI is InChI=1S/C23H37N3O2.C5H6N2.CH4O/c1-2-3-14-22(28)25-18-20-17-19-12-11-15-24-23(19)26-21(20)13-9-7-5-4-6-8-10-16-27;1-5-6-3-2-4-7-5;1-2/h16-17H,2-15,18H2,1H3,(H,24,26)(H,25,28);2-4H,1H3;2H,1H3. The van der Waals surface area contributed by atoms with E-state index in [0.29, 0.717) is 19.4 Å². The molecule has 8 nitrogen and oxygen atoms in total. The highest BCUT2D eigenvalue weighted by Gasteiger charge is 2.15. The predicted molar refractivity (Wildman–Crippen MR) is 149 cm³/mol. The molecule has 1 aliphatic heterocycles. The van der Waals surface area contributed by atoms with Crippen molar-refractivity contribution < 1.29 is 14.7 Å². The maximum atomic E-state index is 12.0. The predicted octanol–water partition coefficient (Wildman–Crippen LogP) is 5.11. The first-order valence-electron chi connectivity index (χ1n) is 13.8. The third-order valence-corrected chi connectivity index (χ3v) is 6.10. The third kappa shape index (κ3) is 14.5. The number of aliphatic hydroxyl groups is 1. The summed E-state index contributed by atoms with van der Waals surface area (Å²) >= 11 is 0. The van der Waals surface area contributed by atoms with Gasteiger partial charge in [-0.3, -0.25) is 4.79 Å². The van der Waals surface area contributed by atoms with Crippen LogP contribution in [0.4, 0.5) is 5.82 Å². The van der Waals surface area contributed by atoms with E-state index in [0.717, 1.165) is 88.6 Å². The van der Waals surface area contributed by atoms with E-state index in [1.54, 1.807) is 18.5 Å². The van der Waals surface area contributed by atoms with Gasteiger partial charge in [0.2, 0.25) is 5.91 Å². The molecular formula is C29H47N5O3. The van der Waals surface area contributed by atoms with Crippen molar-refractivity contribution in [1.82, 2.24) is 20.3 Å². The van der Waals surface area contributed by atoms with Gasteiger partial charge in [0.15, 0.2) is 0 Å². The molecule has 0 saturated carbocycles. The first kappa shape index (κ1) is 32.2. The fraction of sp³-hybridized carbons (Fsp3) is 0.621. The normalized spacial score (nSPS) is 11.6. The number of hydrogen-bond acceptors (Lipinski definition) is 7. The molecule has 0 fully saturated rings. The lowest BCUT2D eigenvalue weighted by molar-refractivity contribution is -0.121. The second-order valence-corrected chi connectivity index (χ2v) is 9.14. The number of hydrogen-bond donors (Lipinski definition) is 3. The SMILES string of the molecule is CCCCC(=O)NCc1cc2c(nc1CCCCCCCCC=O)NCCC2.CO.Cc1ncccn1. The summed E-state index contributed by atoms with van der Waals surface area (Å²) in [6, 6.07) is 4.05. The number of rotatable bonds is 14. The lowest BCUT2D eigenvalue weighted by Crippen LogP contribution is -2.24. The molecule has 37 heavy (non-hydrogen) atoms. The summed E-state index contributed by atoms with van der Waals surface area (Å²) in [5, 5.41) is 13.5. The van der Waals surface area contributed by atoms with E-state index in [1.165, 1.54) is 30.4 Å². The van der Waals surface area contributed by atoms with Crippen LogP contribution in [0.3, 0.4) is 0 Å². The zero-order chi connectivity index (χ0) is 27.1. The Morgan fingerprint density at radius 3 is 2.43 bits per heavy atom. The van der Waals surface area contributed by atoms with E-state index in [1.807, 2.05) is 6.92 Å². The highest BCUT2D eigenvalue weighted by Crippen LogP contribution is 2.24. The molecule has 0 atom stereocenters. The fourth-order valence-electron chi connectivity index (χ4n) is 4.06. The van der Waals surface area contributed by atoms with Crippen molar-refractivity contribution in [2.45, 2.75) is 104 Å². The van der Waals surface area contributed by atoms with Crippen molar-refractivity contribution in [3.8, 4) is 0 Å². The van der Waals surface area contributed by atoms with Gasteiger partial charge in [-0.05, 0) is 68.7 Å². The van der Waals surface area contributed by atoms with Crippen molar-refractivity contribution in [2.24, 2.45) is 0 Å². The van der Waals surface area contributed by atoms with Gasteiger partial charge < -0.3 is 20.5 Å². The summed E-state index contributed by atoms with van der Waals surface area (Å²) in [5.74, 6) is 2.00. The van der Waals surface area contributed by atoms with E-state index in [4.69, 9.17) is 10.1 Å². The van der Waals surface area contributed by atoms with E-state index >= 15 is 0 Å². The third-order valence-electron chi connectivity index (χ3n) is 6.10. The first-order valence-corrected chi connectivity index (χ1v) is 13.8. The number of aliphatic hydroxyl groups excluding tert-OH is 1. The Hall–Kier alpha value is -2.87. The minimum Gasteiger partial charge on any atom is -0.400 e. The fourth-order valence-corrected chi connectivity index (χ4v) is 4.06. The molecule has 3 heterocycles. The van der Waals surface area contributed by atoms with Crippen molar-refractivity contribution in [3.63, 3.8) is 0 Å². The second kappa shape index (κ2) is 21.2. The maximum absolute atomic E-state index is 12.0. The van der Waals surface area contributed by atoms with Crippen LogP contribution in [0.15, 0.2) is 24.5 Å². The summed E-state index contributed by atoms with van der Waals surface area (Å²) in [7, 11) is 1.00. The molecule has 0 saturated heterocycles. The lowest BCUT2D eigenvalue weighted by Gasteiger charge is -2.20. The molecule has 0 aliphatic carbocycles. The van der Waals surface area contributed by atoms with Crippen LogP contribution < -0.4 is 10.6 Å². The summed E-state index contributed by atoms with van der Waals surface area (Å²) in [4.78, 5) is 35.0. The summed E-state index contributed by atoms with van der Waals surface area (Å²) in [6.45, 7) is 5.55. The van der Waals surface area contributed by atoms with Gasteiger partial charge in [-0.25, -0.2) is 15.0 Å². The van der Waals surface area contributed by atoms with Gasteiger partial charge in [-0.1, -0.05) is 39.0 Å². The van der Waals surface area contributed by atoms with Gasteiger partial charge in [0.25, 0.3) is 0 Å². The van der Waals surface area contributed by atoms with Crippen molar-refractivity contribution in [1.29, 1.82) is 0 Å². The van der Waals surface area contributed by atoms with Crippen LogP contribution in [0, 0.1) is 6.92 Å². The number of fused-ring (bicyclic) bond motifs is 1.